The zero-order chi connectivity index (χ0) is 14.3. The lowest BCUT2D eigenvalue weighted by Gasteiger charge is -2.17. The van der Waals surface area contributed by atoms with Gasteiger partial charge in [-0.3, -0.25) is 0 Å². The van der Waals surface area contributed by atoms with E-state index in [1.54, 1.807) is 14.2 Å². The van der Waals surface area contributed by atoms with Gasteiger partial charge < -0.3 is 8.85 Å². The van der Waals surface area contributed by atoms with Gasteiger partial charge in [-0.2, -0.15) is 5.26 Å². The summed E-state index contributed by atoms with van der Waals surface area (Å²) >= 11 is 1.39. The van der Waals surface area contributed by atoms with Crippen molar-refractivity contribution in [3.8, 4) is 5.40 Å². The molecule has 0 saturated heterocycles. The van der Waals surface area contributed by atoms with Gasteiger partial charge in [0, 0.05) is 25.5 Å². The highest BCUT2D eigenvalue weighted by molar-refractivity contribution is 8.04. The second kappa shape index (κ2) is 14.4. The highest BCUT2D eigenvalue weighted by Gasteiger charge is 2.18. The molecule has 0 rings (SSSR count). The fourth-order valence-corrected chi connectivity index (χ4v) is 4.66. The first-order chi connectivity index (χ1) is 9.28. The third-order valence-corrected chi connectivity index (χ3v) is 6.54. The third kappa shape index (κ3) is 11.5. The van der Waals surface area contributed by atoms with Gasteiger partial charge >= 0.3 is 9.28 Å². The van der Waals surface area contributed by atoms with Crippen molar-refractivity contribution in [2.75, 3.05) is 14.2 Å². The number of rotatable bonds is 13. The highest BCUT2D eigenvalue weighted by atomic mass is 32.2. The van der Waals surface area contributed by atoms with Gasteiger partial charge in [0.05, 0.1) is 0 Å². The van der Waals surface area contributed by atoms with Crippen LogP contribution in [-0.2, 0) is 8.85 Å². The predicted molar refractivity (Wildman–Crippen MR) is 85.6 cm³/mol. The van der Waals surface area contributed by atoms with Crippen LogP contribution in [0.1, 0.15) is 58.3 Å². The molecule has 0 aliphatic rings. The van der Waals surface area contributed by atoms with Gasteiger partial charge in [-0.05, 0) is 18.2 Å². The van der Waals surface area contributed by atoms with E-state index >= 15 is 0 Å². The molecule has 19 heavy (non-hydrogen) atoms. The molecule has 0 fully saturated rings. The average molecular weight is 304 g/mol. The molecule has 0 aromatic heterocycles. The normalized spacial score (nSPS) is 12.6. The smallest absolute Gasteiger partial charge is 0.322 e. The Morgan fingerprint density at radius 3 is 2.16 bits per heavy atom. The van der Waals surface area contributed by atoms with Gasteiger partial charge in [-0.25, -0.2) is 0 Å². The Balaban J connectivity index is 3.67. The van der Waals surface area contributed by atoms with Crippen molar-refractivity contribution in [2.45, 2.75) is 69.6 Å². The van der Waals surface area contributed by atoms with E-state index < -0.39 is 9.28 Å². The highest BCUT2D eigenvalue weighted by Crippen LogP contribution is 2.23. The molecule has 0 aromatic rings. The lowest BCUT2D eigenvalue weighted by Crippen LogP contribution is -2.23. The molecule has 0 aliphatic heterocycles. The number of nitrogens with zero attached hydrogens (tertiary/aromatic N) is 1. The molecule has 112 valence electrons. The molecule has 0 N–H and O–H groups in total. The maximum Gasteiger partial charge on any atom is 0.322 e. The summed E-state index contributed by atoms with van der Waals surface area (Å²) in [4.78, 5) is 0. The van der Waals surface area contributed by atoms with Gasteiger partial charge in [0.2, 0.25) is 0 Å². The van der Waals surface area contributed by atoms with Crippen molar-refractivity contribution in [3.05, 3.63) is 0 Å². The maximum absolute atomic E-state index is 8.84. The van der Waals surface area contributed by atoms with Gasteiger partial charge in [0.1, 0.15) is 5.40 Å². The van der Waals surface area contributed by atoms with Crippen LogP contribution in [0.3, 0.4) is 0 Å². The maximum atomic E-state index is 8.84. The van der Waals surface area contributed by atoms with E-state index in [0.29, 0.717) is 5.25 Å². The summed E-state index contributed by atoms with van der Waals surface area (Å²) in [5.41, 5.74) is 0. The standard InChI is InChI=1S/C14H29NO2SSi/c1-4-5-6-7-8-9-10-11-14(18-13-15)12-19(16-2)17-3/h14,19H,4-12H2,1-3H3. The lowest BCUT2D eigenvalue weighted by atomic mass is 10.1. The Hall–Kier alpha value is -0.0231. The van der Waals surface area contributed by atoms with Crippen LogP contribution in [0.5, 0.6) is 0 Å². The summed E-state index contributed by atoms with van der Waals surface area (Å²) in [6.45, 7) is 2.25. The molecule has 0 radical (unpaired) electrons. The SMILES string of the molecule is CCCCCCCCCC(C[SiH](OC)OC)SC#N. The van der Waals surface area contributed by atoms with E-state index in [9.17, 15) is 0 Å². The first-order valence-corrected chi connectivity index (χ1v) is 10.0. The van der Waals surface area contributed by atoms with E-state index in [2.05, 4.69) is 12.3 Å². The topological polar surface area (TPSA) is 42.2 Å². The van der Waals surface area contributed by atoms with Crippen molar-refractivity contribution < 1.29 is 8.85 Å². The first kappa shape index (κ1) is 19.0. The number of nitriles is 1. The Kier molecular flexibility index (Phi) is 14.4. The monoisotopic (exact) mass is 303 g/mol. The van der Waals surface area contributed by atoms with Crippen LogP contribution in [0.2, 0.25) is 6.04 Å². The van der Waals surface area contributed by atoms with Gasteiger partial charge in [-0.1, -0.05) is 51.9 Å². The van der Waals surface area contributed by atoms with Crippen LogP contribution in [0.15, 0.2) is 0 Å². The van der Waals surface area contributed by atoms with Crippen LogP contribution in [0, 0.1) is 10.7 Å². The van der Waals surface area contributed by atoms with E-state index in [-0.39, 0.29) is 0 Å². The zero-order valence-electron chi connectivity index (χ0n) is 12.7. The summed E-state index contributed by atoms with van der Waals surface area (Å²) in [6, 6.07) is 0.932. The molecule has 3 nitrogen and oxygen atoms in total. The Morgan fingerprint density at radius 2 is 1.63 bits per heavy atom. The van der Waals surface area contributed by atoms with Crippen molar-refractivity contribution in [1.29, 1.82) is 5.26 Å². The zero-order valence-corrected chi connectivity index (χ0v) is 14.7. The molecule has 5 heteroatoms. The molecule has 0 amide bonds. The number of thiocyanates is 1. The third-order valence-electron chi connectivity index (χ3n) is 3.33. The minimum absolute atomic E-state index is 0.386. The summed E-state index contributed by atoms with van der Waals surface area (Å²) in [5, 5.41) is 11.4. The van der Waals surface area contributed by atoms with Crippen LogP contribution in [0.4, 0.5) is 0 Å². The molecule has 0 spiro atoms. The Labute approximate surface area is 124 Å². The van der Waals surface area contributed by atoms with Crippen molar-refractivity contribution in [3.63, 3.8) is 0 Å². The number of unbranched alkanes of at least 4 members (excludes halogenated alkanes) is 6. The van der Waals surface area contributed by atoms with E-state index in [4.69, 9.17) is 14.1 Å². The van der Waals surface area contributed by atoms with Crippen LogP contribution in [0.25, 0.3) is 0 Å². The molecular formula is C14H29NO2SSi. The summed E-state index contributed by atoms with van der Waals surface area (Å²) in [6.07, 6.45) is 10.4. The minimum atomic E-state index is -1.53. The number of thioether (sulfide) groups is 1. The quantitative estimate of drug-likeness (QED) is 0.290. The number of hydrogen-bond donors (Lipinski definition) is 0. The van der Waals surface area contributed by atoms with E-state index in [1.807, 2.05) is 0 Å². The second-order valence-corrected chi connectivity index (χ2v) is 8.24. The van der Waals surface area contributed by atoms with E-state index in [1.165, 1.54) is 56.7 Å². The molecule has 1 unspecified atom stereocenters. The minimum Gasteiger partial charge on any atom is -0.400 e. The first-order valence-electron chi connectivity index (χ1n) is 7.38. The average Bonchev–Trinajstić information content (AvgIpc) is 2.43. The molecule has 0 bridgehead atoms. The molecule has 1 atom stereocenters. The largest absolute Gasteiger partial charge is 0.400 e. The van der Waals surface area contributed by atoms with Gasteiger partial charge in [-0.15, -0.1) is 0 Å². The van der Waals surface area contributed by atoms with Crippen LogP contribution in [-0.4, -0.2) is 28.8 Å². The molecule has 0 saturated carbocycles. The summed E-state index contributed by atoms with van der Waals surface area (Å²) in [5.74, 6) is 0. The Morgan fingerprint density at radius 1 is 1.05 bits per heavy atom. The summed E-state index contributed by atoms with van der Waals surface area (Å²) < 4.78 is 10.7. The Bertz CT molecular complexity index is 232. The van der Waals surface area contributed by atoms with Crippen LogP contribution < -0.4 is 0 Å². The second-order valence-electron chi connectivity index (χ2n) is 4.88. The van der Waals surface area contributed by atoms with Crippen molar-refractivity contribution in [2.24, 2.45) is 0 Å². The molecule has 0 aliphatic carbocycles. The lowest BCUT2D eigenvalue weighted by molar-refractivity contribution is 0.276. The van der Waals surface area contributed by atoms with Gasteiger partial charge in [0.25, 0.3) is 0 Å². The molecule has 0 aromatic carbocycles. The van der Waals surface area contributed by atoms with E-state index in [0.717, 1.165) is 12.5 Å². The van der Waals surface area contributed by atoms with Crippen molar-refractivity contribution >= 4 is 21.0 Å². The molecular weight excluding hydrogens is 274 g/mol. The number of hydrogen-bond acceptors (Lipinski definition) is 4. The predicted octanol–water partition coefficient (Wildman–Crippen LogP) is 4.22. The molecule has 0 heterocycles. The van der Waals surface area contributed by atoms with Crippen LogP contribution >= 0.6 is 11.8 Å². The fourth-order valence-electron chi connectivity index (χ4n) is 2.13. The van der Waals surface area contributed by atoms with Crippen molar-refractivity contribution in [1.82, 2.24) is 0 Å². The fraction of sp³-hybridized carbons (Fsp3) is 0.929. The van der Waals surface area contributed by atoms with Gasteiger partial charge in [0.15, 0.2) is 0 Å². The summed E-state index contributed by atoms with van der Waals surface area (Å²) in [7, 11) is 1.89.